The van der Waals surface area contributed by atoms with Crippen LogP contribution in [-0.4, -0.2) is 11.3 Å². The van der Waals surface area contributed by atoms with Crippen molar-refractivity contribution in [1.82, 2.24) is 4.98 Å². The van der Waals surface area contributed by atoms with Gasteiger partial charge in [0.15, 0.2) is 11.6 Å². The summed E-state index contributed by atoms with van der Waals surface area (Å²) in [4.78, 5) is 15.6. The summed E-state index contributed by atoms with van der Waals surface area (Å²) in [7, 11) is 0. The number of aldehydes is 1. The molecule has 2 aromatic rings. The minimum absolute atomic E-state index is 0.165. The molecule has 102 valence electrons. The van der Waals surface area contributed by atoms with Gasteiger partial charge in [0.25, 0.3) is 0 Å². The van der Waals surface area contributed by atoms with Crippen molar-refractivity contribution in [3.63, 3.8) is 0 Å². The van der Waals surface area contributed by atoms with E-state index in [0.717, 1.165) is 11.8 Å². The van der Waals surface area contributed by atoms with Crippen molar-refractivity contribution < 1.29 is 13.9 Å². The number of ether oxygens (including phenoxy) is 1. The number of pyridine rings is 1. The van der Waals surface area contributed by atoms with Crippen LogP contribution in [0.1, 0.15) is 30.9 Å². The van der Waals surface area contributed by atoms with E-state index >= 15 is 0 Å². The van der Waals surface area contributed by atoms with Gasteiger partial charge in [-0.3, -0.25) is 0 Å². The first kappa shape index (κ1) is 12.8. The third-order valence-electron chi connectivity index (χ3n) is 3.67. The number of fused-ring (bicyclic) bond motifs is 2. The Balaban J connectivity index is 2.29. The number of carbonyl (C=O) groups is 1. The summed E-state index contributed by atoms with van der Waals surface area (Å²) in [5.74, 6) is -0.183. The quantitative estimate of drug-likeness (QED) is 0.782. The van der Waals surface area contributed by atoms with Crippen molar-refractivity contribution in [3.05, 3.63) is 53.5 Å². The molecule has 1 aliphatic rings. The highest BCUT2D eigenvalue weighted by atomic mass is 19.1. The summed E-state index contributed by atoms with van der Waals surface area (Å²) in [5.41, 5.74) is 0.815. The number of rotatable bonds is 2. The normalized spacial score (nSPS) is 16.9. The molecule has 1 atom stereocenters. The lowest BCUT2D eigenvalue weighted by atomic mass is 9.71. The largest absolute Gasteiger partial charge is 0.435 e. The van der Waals surface area contributed by atoms with Crippen molar-refractivity contribution in [2.24, 2.45) is 5.41 Å². The van der Waals surface area contributed by atoms with E-state index in [4.69, 9.17) is 4.74 Å². The van der Waals surface area contributed by atoms with Gasteiger partial charge in [-0.05, 0) is 12.1 Å². The van der Waals surface area contributed by atoms with E-state index in [9.17, 15) is 9.18 Å². The molecule has 0 spiro atoms. The Morgan fingerprint density at radius 2 is 2.00 bits per heavy atom. The Bertz CT molecular complexity index is 682. The molecule has 20 heavy (non-hydrogen) atoms. The number of carbonyl (C=O) groups excluding carboxylic acids is 1. The van der Waals surface area contributed by atoms with Crippen LogP contribution >= 0.6 is 0 Å². The van der Waals surface area contributed by atoms with Crippen LogP contribution in [0.4, 0.5) is 4.39 Å². The molecule has 0 amide bonds. The number of para-hydroxylation sites is 1. The van der Waals surface area contributed by atoms with Crippen LogP contribution in [-0.2, 0) is 4.79 Å². The molecule has 3 rings (SSSR count). The van der Waals surface area contributed by atoms with Crippen LogP contribution in [0.3, 0.4) is 0 Å². The first-order chi connectivity index (χ1) is 9.54. The molecular formula is C16H14FNO2. The minimum atomic E-state index is -0.676. The van der Waals surface area contributed by atoms with Gasteiger partial charge in [-0.1, -0.05) is 32.0 Å². The average molecular weight is 271 g/mol. The molecule has 1 aromatic carbocycles. The van der Waals surface area contributed by atoms with Gasteiger partial charge in [-0.2, -0.15) is 0 Å². The van der Waals surface area contributed by atoms with Crippen LogP contribution in [0.5, 0.6) is 11.6 Å². The third kappa shape index (κ3) is 1.80. The average Bonchev–Trinajstić information content (AvgIpc) is 2.45. The van der Waals surface area contributed by atoms with E-state index in [-0.39, 0.29) is 11.7 Å². The van der Waals surface area contributed by atoms with Crippen molar-refractivity contribution >= 4 is 6.29 Å². The second-order valence-corrected chi connectivity index (χ2v) is 5.53. The highest BCUT2D eigenvalue weighted by molar-refractivity contribution is 5.66. The van der Waals surface area contributed by atoms with Gasteiger partial charge in [-0.25, -0.2) is 9.37 Å². The van der Waals surface area contributed by atoms with E-state index in [1.165, 1.54) is 6.07 Å². The number of benzene rings is 1. The fourth-order valence-electron chi connectivity index (χ4n) is 2.70. The smallest absolute Gasteiger partial charge is 0.223 e. The fourth-order valence-corrected chi connectivity index (χ4v) is 2.70. The predicted molar refractivity (Wildman–Crippen MR) is 72.4 cm³/mol. The minimum Gasteiger partial charge on any atom is -0.435 e. The maximum Gasteiger partial charge on any atom is 0.223 e. The Kier molecular flexibility index (Phi) is 2.82. The van der Waals surface area contributed by atoms with Crippen LogP contribution in [0.25, 0.3) is 0 Å². The van der Waals surface area contributed by atoms with Crippen LogP contribution in [0.15, 0.2) is 36.5 Å². The standard InChI is InChI=1S/C16H14FNO2/c1-16(2,9-19)13-10-5-3-7-12(17)14(10)20-15-11(13)6-4-8-18-15/h3-9,13H,1-2H3. The van der Waals surface area contributed by atoms with Crippen LogP contribution in [0.2, 0.25) is 0 Å². The molecule has 1 unspecified atom stereocenters. The maximum absolute atomic E-state index is 14.0. The van der Waals surface area contributed by atoms with Gasteiger partial charge in [0.05, 0.1) is 0 Å². The summed E-state index contributed by atoms with van der Waals surface area (Å²) < 4.78 is 19.6. The summed E-state index contributed by atoms with van der Waals surface area (Å²) in [6.07, 6.45) is 2.49. The number of nitrogens with zero attached hydrogens (tertiary/aromatic N) is 1. The molecule has 3 nitrogen and oxygen atoms in total. The summed E-state index contributed by atoms with van der Waals surface area (Å²) in [5, 5.41) is 0. The molecule has 0 radical (unpaired) electrons. The van der Waals surface area contributed by atoms with Gasteiger partial charge in [-0.15, -0.1) is 0 Å². The molecule has 0 bridgehead atoms. The van der Waals surface area contributed by atoms with Crippen molar-refractivity contribution in [1.29, 1.82) is 0 Å². The zero-order valence-electron chi connectivity index (χ0n) is 11.3. The number of halogens is 1. The molecule has 2 heterocycles. The second-order valence-electron chi connectivity index (χ2n) is 5.53. The van der Waals surface area contributed by atoms with Gasteiger partial charge in [0.1, 0.15) is 6.29 Å². The lowest BCUT2D eigenvalue weighted by Gasteiger charge is -2.35. The van der Waals surface area contributed by atoms with E-state index in [0.29, 0.717) is 11.4 Å². The molecule has 1 aromatic heterocycles. The SMILES string of the molecule is CC(C)(C=O)C1c2cccnc2Oc2c(F)cccc21. The van der Waals surface area contributed by atoms with Crippen molar-refractivity contribution in [3.8, 4) is 11.6 Å². The van der Waals surface area contributed by atoms with E-state index in [1.807, 2.05) is 19.9 Å². The molecule has 0 saturated carbocycles. The Labute approximate surface area is 116 Å². The molecule has 1 aliphatic heterocycles. The Morgan fingerprint density at radius 1 is 1.25 bits per heavy atom. The monoisotopic (exact) mass is 271 g/mol. The zero-order valence-corrected chi connectivity index (χ0v) is 11.3. The first-order valence-corrected chi connectivity index (χ1v) is 6.42. The van der Waals surface area contributed by atoms with Gasteiger partial charge in [0.2, 0.25) is 5.88 Å². The van der Waals surface area contributed by atoms with Gasteiger partial charge in [0, 0.05) is 28.7 Å². The van der Waals surface area contributed by atoms with Crippen LogP contribution < -0.4 is 4.74 Å². The summed E-state index contributed by atoms with van der Waals surface area (Å²) >= 11 is 0. The highest BCUT2D eigenvalue weighted by Crippen LogP contribution is 2.50. The number of aromatic nitrogens is 1. The third-order valence-corrected chi connectivity index (χ3v) is 3.67. The second kappa shape index (κ2) is 4.40. The lowest BCUT2D eigenvalue weighted by Crippen LogP contribution is -2.28. The topological polar surface area (TPSA) is 39.2 Å². The molecule has 0 saturated heterocycles. The molecule has 0 N–H and O–H groups in total. The van der Waals surface area contributed by atoms with Gasteiger partial charge >= 0.3 is 0 Å². The highest BCUT2D eigenvalue weighted by Gasteiger charge is 2.39. The number of hydrogen-bond donors (Lipinski definition) is 0. The zero-order chi connectivity index (χ0) is 14.3. The van der Waals surface area contributed by atoms with E-state index < -0.39 is 11.2 Å². The summed E-state index contributed by atoms with van der Waals surface area (Å²) in [6.45, 7) is 3.67. The van der Waals surface area contributed by atoms with Crippen molar-refractivity contribution in [2.75, 3.05) is 0 Å². The fraction of sp³-hybridized carbons (Fsp3) is 0.250. The first-order valence-electron chi connectivity index (χ1n) is 6.42. The predicted octanol–water partition coefficient (Wildman–Crippen LogP) is 3.68. The van der Waals surface area contributed by atoms with E-state index in [1.54, 1.807) is 24.4 Å². The lowest BCUT2D eigenvalue weighted by molar-refractivity contribution is -0.115. The molecule has 4 heteroatoms. The van der Waals surface area contributed by atoms with Crippen molar-refractivity contribution in [2.45, 2.75) is 19.8 Å². The Morgan fingerprint density at radius 3 is 2.75 bits per heavy atom. The van der Waals surface area contributed by atoms with Crippen LogP contribution in [0, 0.1) is 11.2 Å². The molecule has 0 fully saturated rings. The summed E-state index contributed by atoms with van der Waals surface area (Å²) in [6, 6.07) is 8.43. The Hall–Kier alpha value is -2.23. The van der Waals surface area contributed by atoms with E-state index in [2.05, 4.69) is 4.98 Å². The number of hydrogen-bond acceptors (Lipinski definition) is 3. The maximum atomic E-state index is 14.0. The molecular weight excluding hydrogens is 257 g/mol. The molecule has 0 aliphatic carbocycles. The van der Waals surface area contributed by atoms with Gasteiger partial charge < -0.3 is 9.53 Å².